The first kappa shape index (κ1) is 13.7. The van der Waals surface area contributed by atoms with Crippen molar-refractivity contribution < 1.29 is 4.79 Å². The van der Waals surface area contributed by atoms with Crippen LogP contribution in [0.5, 0.6) is 0 Å². The highest BCUT2D eigenvalue weighted by molar-refractivity contribution is 5.81. The van der Waals surface area contributed by atoms with Crippen LogP contribution in [0.1, 0.15) is 56.6 Å². The lowest BCUT2D eigenvalue weighted by Crippen LogP contribution is -2.43. The topological polar surface area (TPSA) is 20.3 Å². The van der Waals surface area contributed by atoms with E-state index in [2.05, 4.69) is 30.0 Å². The minimum absolute atomic E-state index is 0.312. The standard InChI is InChI=1S/C18H25NO/c1-14(11-15-7-3-2-4-8-15)19-13-17-10-6-5-9-16(17)12-18(19)20/h5-6,9-10,14-15H,2-4,7-8,11-13H2,1H3. The van der Waals surface area contributed by atoms with Crippen molar-refractivity contribution in [2.24, 2.45) is 5.92 Å². The monoisotopic (exact) mass is 271 g/mol. The molecule has 0 spiro atoms. The Balaban J connectivity index is 1.66. The lowest BCUT2D eigenvalue weighted by Gasteiger charge is -2.36. The highest BCUT2D eigenvalue weighted by Gasteiger charge is 2.28. The van der Waals surface area contributed by atoms with Crippen LogP contribution >= 0.6 is 0 Å². The van der Waals surface area contributed by atoms with E-state index in [4.69, 9.17) is 0 Å². The first-order valence-corrected chi connectivity index (χ1v) is 8.10. The third-order valence-corrected chi connectivity index (χ3v) is 5.05. The average Bonchev–Trinajstić information content (AvgIpc) is 2.47. The van der Waals surface area contributed by atoms with Crippen molar-refractivity contribution in [1.29, 1.82) is 0 Å². The van der Waals surface area contributed by atoms with Gasteiger partial charge in [-0.1, -0.05) is 56.4 Å². The number of benzene rings is 1. The Kier molecular flexibility index (Phi) is 4.09. The summed E-state index contributed by atoms with van der Waals surface area (Å²) in [5.41, 5.74) is 2.56. The van der Waals surface area contributed by atoms with Crippen LogP contribution in [0.2, 0.25) is 0 Å². The molecule has 2 nitrogen and oxygen atoms in total. The highest BCUT2D eigenvalue weighted by atomic mass is 16.2. The van der Waals surface area contributed by atoms with Gasteiger partial charge in [-0.2, -0.15) is 0 Å². The molecule has 0 radical (unpaired) electrons. The molecule has 108 valence electrons. The maximum absolute atomic E-state index is 12.4. The maximum atomic E-state index is 12.4. The van der Waals surface area contributed by atoms with E-state index in [-0.39, 0.29) is 0 Å². The summed E-state index contributed by atoms with van der Waals surface area (Å²) in [7, 11) is 0. The second-order valence-corrected chi connectivity index (χ2v) is 6.56. The molecule has 3 rings (SSSR count). The predicted octanol–water partition coefficient (Wildman–Crippen LogP) is 3.93. The largest absolute Gasteiger partial charge is 0.335 e. The van der Waals surface area contributed by atoms with Crippen LogP contribution in [-0.4, -0.2) is 16.8 Å². The Bertz CT molecular complexity index is 476. The molecule has 2 aliphatic rings. The molecule has 1 aromatic carbocycles. The maximum Gasteiger partial charge on any atom is 0.227 e. The van der Waals surface area contributed by atoms with Gasteiger partial charge in [0.05, 0.1) is 6.42 Å². The van der Waals surface area contributed by atoms with Gasteiger partial charge in [-0.15, -0.1) is 0 Å². The molecule has 1 aliphatic heterocycles. The summed E-state index contributed by atoms with van der Waals surface area (Å²) in [6, 6.07) is 8.77. The van der Waals surface area contributed by atoms with Gasteiger partial charge in [0, 0.05) is 12.6 Å². The zero-order valence-corrected chi connectivity index (χ0v) is 12.5. The third-order valence-electron chi connectivity index (χ3n) is 5.05. The normalized spacial score (nSPS) is 21.6. The quantitative estimate of drug-likeness (QED) is 0.815. The van der Waals surface area contributed by atoms with Crippen LogP contribution in [0.15, 0.2) is 24.3 Å². The third kappa shape index (κ3) is 2.89. The van der Waals surface area contributed by atoms with Crippen molar-refractivity contribution in [3.8, 4) is 0 Å². The van der Waals surface area contributed by atoms with Crippen LogP contribution in [0, 0.1) is 5.92 Å². The summed E-state index contributed by atoms with van der Waals surface area (Å²) in [6.45, 7) is 3.04. The molecule has 1 fully saturated rings. The Hall–Kier alpha value is -1.31. The molecule has 20 heavy (non-hydrogen) atoms. The Morgan fingerprint density at radius 1 is 1.15 bits per heavy atom. The Morgan fingerprint density at radius 2 is 1.85 bits per heavy atom. The van der Waals surface area contributed by atoms with E-state index in [0.29, 0.717) is 18.4 Å². The molecule has 1 aromatic rings. The molecular weight excluding hydrogens is 246 g/mol. The number of amides is 1. The number of fused-ring (bicyclic) bond motifs is 1. The molecule has 0 saturated heterocycles. The van der Waals surface area contributed by atoms with Gasteiger partial charge < -0.3 is 4.90 Å². The molecule has 0 bridgehead atoms. The fraction of sp³-hybridized carbons (Fsp3) is 0.611. The van der Waals surface area contributed by atoms with E-state index in [1.807, 2.05) is 6.07 Å². The van der Waals surface area contributed by atoms with E-state index in [1.54, 1.807) is 0 Å². The van der Waals surface area contributed by atoms with Gasteiger partial charge in [-0.3, -0.25) is 4.79 Å². The van der Waals surface area contributed by atoms with Gasteiger partial charge in [0.2, 0.25) is 5.91 Å². The first-order chi connectivity index (χ1) is 9.74. The van der Waals surface area contributed by atoms with Gasteiger partial charge in [-0.05, 0) is 30.4 Å². The number of carbonyl (C=O) groups excluding carboxylic acids is 1. The molecule has 1 heterocycles. The number of hydrogen-bond donors (Lipinski definition) is 0. The minimum atomic E-state index is 0.312. The van der Waals surface area contributed by atoms with Crippen LogP contribution in [0.3, 0.4) is 0 Å². The molecule has 0 aromatic heterocycles. The molecule has 1 saturated carbocycles. The Morgan fingerprint density at radius 3 is 2.60 bits per heavy atom. The van der Waals surface area contributed by atoms with Crippen molar-refractivity contribution in [2.45, 2.75) is 64.5 Å². The summed E-state index contributed by atoms with van der Waals surface area (Å²) in [4.78, 5) is 14.5. The zero-order chi connectivity index (χ0) is 13.9. The molecule has 1 amide bonds. The number of nitrogens with zero attached hydrogens (tertiary/aromatic N) is 1. The summed E-state index contributed by atoms with van der Waals surface area (Å²) >= 11 is 0. The van der Waals surface area contributed by atoms with Gasteiger partial charge in [-0.25, -0.2) is 0 Å². The van der Waals surface area contributed by atoms with E-state index in [1.165, 1.54) is 49.7 Å². The van der Waals surface area contributed by atoms with Crippen molar-refractivity contribution in [2.75, 3.05) is 0 Å². The number of carbonyl (C=O) groups is 1. The molecule has 2 heteroatoms. The predicted molar refractivity (Wildman–Crippen MR) is 81.4 cm³/mol. The van der Waals surface area contributed by atoms with Crippen molar-refractivity contribution in [1.82, 2.24) is 4.90 Å². The van der Waals surface area contributed by atoms with E-state index < -0.39 is 0 Å². The van der Waals surface area contributed by atoms with E-state index in [0.717, 1.165) is 12.5 Å². The van der Waals surface area contributed by atoms with Crippen LogP contribution in [0.4, 0.5) is 0 Å². The zero-order valence-electron chi connectivity index (χ0n) is 12.5. The molecule has 0 N–H and O–H groups in total. The van der Waals surface area contributed by atoms with E-state index >= 15 is 0 Å². The smallest absolute Gasteiger partial charge is 0.227 e. The molecular formula is C18H25NO. The second-order valence-electron chi connectivity index (χ2n) is 6.56. The number of hydrogen-bond acceptors (Lipinski definition) is 1. The van der Waals surface area contributed by atoms with Crippen LogP contribution in [0.25, 0.3) is 0 Å². The van der Waals surface area contributed by atoms with Crippen molar-refractivity contribution in [3.05, 3.63) is 35.4 Å². The fourth-order valence-corrected chi connectivity index (χ4v) is 3.85. The summed E-state index contributed by atoms with van der Waals surface area (Å²) < 4.78 is 0. The van der Waals surface area contributed by atoms with Crippen LogP contribution < -0.4 is 0 Å². The van der Waals surface area contributed by atoms with Crippen LogP contribution in [-0.2, 0) is 17.8 Å². The SMILES string of the molecule is CC(CC1CCCCC1)N1Cc2ccccc2CC1=O. The van der Waals surface area contributed by atoms with Gasteiger partial charge >= 0.3 is 0 Å². The van der Waals surface area contributed by atoms with E-state index in [9.17, 15) is 4.79 Å². The lowest BCUT2D eigenvalue weighted by molar-refractivity contribution is -0.134. The van der Waals surface area contributed by atoms with Crippen molar-refractivity contribution >= 4 is 5.91 Å². The van der Waals surface area contributed by atoms with Crippen molar-refractivity contribution in [3.63, 3.8) is 0 Å². The summed E-state index contributed by atoms with van der Waals surface area (Å²) in [6.07, 6.45) is 8.67. The highest BCUT2D eigenvalue weighted by Crippen LogP contribution is 2.30. The van der Waals surface area contributed by atoms with Gasteiger partial charge in [0.1, 0.15) is 0 Å². The Labute approximate surface area is 122 Å². The fourth-order valence-electron chi connectivity index (χ4n) is 3.85. The second kappa shape index (κ2) is 5.99. The first-order valence-electron chi connectivity index (χ1n) is 8.10. The molecule has 1 atom stereocenters. The molecule has 1 aliphatic carbocycles. The number of rotatable bonds is 3. The summed E-state index contributed by atoms with van der Waals surface area (Å²) in [5, 5.41) is 0. The van der Waals surface area contributed by atoms with Gasteiger partial charge in [0.25, 0.3) is 0 Å². The van der Waals surface area contributed by atoms with Gasteiger partial charge in [0.15, 0.2) is 0 Å². The average molecular weight is 271 g/mol. The lowest BCUT2D eigenvalue weighted by atomic mass is 9.84. The summed E-state index contributed by atoms with van der Waals surface area (Å²) in [5.74, 6) is 1.15. The minimum Gasteiger partial charge on any atom is -0.335 e. The molecule has 1 unspecified atom stereocenters.